The number of carbonyl (C=O) groups is 1. The van der Waals surface area contributed by atoms with E-state index in [4.69, 9.17) is 4.74 Å². The van der Waals surface area contributed by atoms with E-state index in [0.29, 0.717) is 12.2 Å². The number of ether oxygens (including phenoxy) is 1. The van der Waals surface area contributed by atoms with E-state index < -0.39 is 0 Å². The first-order valence-corrected chi connectivity index (χ1v) is 7.55. The molecule has 0 radical (unpaired) electrons. The van der Waals surface area contributed by atoms with Crippen LogP contribution in [0.2, 0.25) is 0 Å². The standard InChI is InChI=1S/C17H15NO2S/c1-3-20-17(19)11(2)12-7-6-10-15-16(12)18-13-8-4-5-9-14(13)21-15/h4-10,18H,2-3H2,1H3. The Morgan fingerprint density at radius 3 is 2.76 bits per heavy atom. The van der Waals surface area contributed by atoms with Gasteiger partial charge in [-0.15, -0.1) is 0 Å². The first-order chi connectivity index (χ1) is 10.2. The summed E-state index contributed by atoms with van der Waals surface area (Å²) in [6.45, 7) is 6.02. The second-order valence-corrected chi connectivity index (χ2v) is 5.68. The molecule has 0 aliphatic carbocycles. The minimum absolute atomic E-state index is 0.345. The van der Waals surface area contributed by atoms with Gasteiger partial charge in [-0.05, 0) is 25.1 Å². The third kappa shape index (κ3) is 2.54. The number of benzene rings is 2. The number of fused-ring (bicyclic) bond motifs is 2. The zero-order valence-corrected chi connectivity index (χ0v) is 12.5. The highest BCUT2D eigenvalue weighted by Gasteiger charge is 2.21. The predicted octanol–water partition coefficient (Wildman–Crippen LogP) is 4.47. The Labute approximate surface area is 128 Å². The largest absolute Gasteiger partial charge is 0.462 e. The van der Waals surface area contributed by atoms with Gasteiger partial charge in [-0.25, -0.2) is 4.79 Å². The Kier molecular flexibility index (Phi) is 3.71. The van der Waals surface area contributed by atoms with Gasteiger partial charge >= 0.3 is 5.97 Å². The fourth-order valence-electron chi connectivity index (χ4n) is 2.24. The first-order valence-electron chi connectivity index (χ1n) is 6.74. The molecule has 2 aromatic rings. The summed E-state index contributed by atoms with van der Waals surface area (Å²) in [4.78, 5) is 14.2. The van der Waals surface area contributed by atoms with Crippen molar-refractivity contribution in [3.05, 3.63) is 54.6 Å². The van der Waals surface area contributed by atoms with Gasteiger partial charge in [-0.2, -0.15) is 0 Å². The Balaban J connectivity index is 2.00. The third-order valence-electron chi connectivity index (χ3n) is 3.24. The lowest BCUT2D eigenvalue weighted by atomic mass is 10.0. The summed E-state index contributed by atoms with van der Waals surface area (Å²) in [6.07, 6.45) is 0. The van der Waals surface area contributed by atoms with Crippen molar-refractivity contribution in [3.8, 4) is 0 Å². The van der Waals surface area contributed by atoms with Gasteiger partial charge in [0.15, 0.2) is 0 Å². The zero-order valence-electron chi connectivity index (χ0n) is 11.7. The van der Waals surface area contributed by atoms with Crippen molar-refractivity contribution in [1.29, 1.82) is 0 Å². The van der Waals surface area contributed by atoms with E-state index in [2.05, 4.69) is 18.0 Å². The van der Waals surface area contributed by atoms with Crippen LogP contribution in [0.4, 0.5) is 11.4 Å². The molecule has 0 spiro atoms. The highest BCUT2D eigenvalue weighted by Crippen LogP contribution is 2.46. The van der Waals surface area contributed by atoms with Crippen LogP contribution in [0.25, 0.3) is 5.57 Å². The molecule has 0 bridgehead atoms. The van der Waals surface area contributed by atoms with Gasteiger partial charge in [0, 0.05) is 15.4 Å². The topological polar surface area (TPSA) is 38.3 Å². The number of esters is 1. The molecule has 4 heteroatoms. The Hall–Kier alpha value is -2.20. The van der Waals surface area contributed by atoms with E-state index in [1.54, 1.807) is 18.7 Å². The molecule has 0 amide bonds. The maximum atomic E-state index is 11.9. The van der Waals surface area contributed by atoms with E-state index in [-0.39, 0.29) is 5.97 Å². The minimum Gasteiger partial charge on any atom is -0.462 e. The fourth-order valence-corrected chi connectivity index (χ4v) is 3.26. The number of rotatable bonds is 3. The van der Waals surface area contributed by atoms with E-state index in [1.165, 1.54) is 4.90 Å². The molecule has 0 saturated carbocycles. The molecule has 0 fully saturated rings. The molecule has 0 atom stereocenters. The van der Waals surface area contributed by atoms with Crippen molar-refractivity contribution in [2.45, 2.75) is 16.7 Å². The summed E-state index contributed by atoms with van der Waals surface area (Å²) in [5.74, 6) is -0.378. The molecule has 2 aromatic carbocycles. The SMILES string of the molecule is C=C(C(=O)OCC)c1cccc2c1Nc1ccccc1S2. The molecule has 1 aliphatic heterocycles. The van der Waals surface area contributed by atoms with Crippen molar-refractivity contribution in [2.75, 3.05) is 11.9 Å². The highest BCUT2D eigenvalue weighted by atomic mass is 32.2. The smallest absolute Gasteiger partial charge is 0.338 e. The van der Waals surface area contributed by atoms with Gasteiger partial charge in [0.2, 0.25) is 0 Å². The summed E-state index contributed by atoms with van der Waals surface area (Å²) in [6, 6.07) is 13.9. The number of para-hydroxylation sites is 2. The van der Waals surface area contributed by atoms with Gasteiger partial charge < -0.3 is 10.1 Å². The molecule has 21 heavy (non-hydrogen) atoms. The molecule has 3 rings (SSSR count). The number of hydrogen-bond acceptors (Lipinski definition) is 4. The van der Waals surface area contributed by atoms with Crippen LogP contribution in [-0.2, 0) is 9.53 Å². The highest BCUT2D eigenvalue weighted by molar-refractivity contribution is 7.99. The van der Waals surface area contributed by atoms with Crippen LogP contribution in [0.15, 0.2) is 58.8 Å². The minimum atomic E-state index is -0.378. The van der Waals surface area contributed by atoms with Crippen LogP contribution >= 0.6 is 11.8 Å². The summed E-state index contributed by atoms with van der Waals surface area (Å²) in [5.41, 5.74) is 3.12. The number of hydrogen-bond donors (Lipinski definition) is 1. The quantitative estimate of drug-likeness (QED) is 0.572. The Morgan fingerprint density at radius 1 is 1.19 bits per heavy atom. The molecule has 1 aliphatic rings. The fraction of sp³-hybridized carbons (Fsp3) is 0.118. The van der Waals surface area contributed by atoms with Crippen molar-refractivity contribution < 1.29 is 9.53 Å². The van der Waals surface area contributed by atoms with Crippen LogP contribution in [0.5, 0.6) is 0 Å². The summed E-state index contributed by atoms with van der Waals surface area (Å²) < 4.78 is 5.05. The van der Waals surface area contributed by atoms with Crippen LogP contribution in [-0.4, -0.2) is 12.6 Å². The summed E-state index contributed by atoms with van der Waals surface area (Å²) >= 11 is 1.68. The second-order valence-electron chi connectivity index (χ2n) is 4.60. The van der Waals surface area contributed by atoms with Gasteiger partial charge in [0.1, 0.15) is 0 Å². The molecule has 0 aromatic heterocycles. The molecule has 106 valence electrons. The van der Waals surface area contributed by atoms with Crippen molar-refractivity contribution in [3.63, 3.8) is 0 Å². The maximum Gasteiger partial charge on any atom is 0.338 e. The van der Waals surface area contributed by atoms with Gasteiger partial charge in [-0.1, -0.05) is 42.6 Å². The lowest BCUT2D eigenvalue weighted by Crippen LogP contribution is -2.09. The lowest BCUT2D eigenvalue weighted by Gasteiger charge is -2.23. The van der Waals surface area contributed by atoms with Crippen molar-refractivity contribution in [1.82, 2.24) is 0 Å². The van der Waals surface area contributed by atoms with E-state index in [1.807, 2.05) is 36.4 Å². The lowest BCUT2D eigenvalue weighted by molar-refractivity contribution is -0.136. The van der Waals surface area contributed by atoms with Gasteiger partial charge in [-0.3, -0.25) is 0 Å². The van der Waals surface area contributed by atoms with Crippen LogP contribution in [0.3, 0.4) is 0 Å². The summed E-state index contributed by atoms with van der Waals surface area (Å²) in [7, 11) is 0. The first kappa shape index (κ1) is 13.8. The van der Waals surface area contributed by atoms with Crippen LogP contribution in [0, 0.1) is 0 Å². The van der Waals surface area contributed by atoms with Crippen molar-refractivity contribution >= 4 is 34.7 Å². The molecular formula is C17H15NO2S. The average molecular weight is 297 g/mol. The number of carbonyl (C=O) groups excluding carboxylic acids is 1. The molecule has 0 unspecified atom stereocenters. The zero-order chi connectivity index (χ0) is 14.8. The van der Waals surface area contributed by atoms with E-state index >= 15 is 0 Å². The van der Waals surface area contributed by atoms with Crippen LogP contribution in [0.1, 0.15) is 12.5 Å². The average Bonchev–Trinajstić information content (AvgIpc) is 2.52. The molecule has 0 saturated heterocycles. The normalized spacial score (nSPS) is 11.9. The second kappa shape index (κ2) is 5.66. The monoisotopic (exact) mass is 297 g/mol. The maximum absolute atomic E-state index is 11.9. The molecular weight excluding hydrogens is 282 g/mol. The van der Waals surface area contributed by atoms with Gasteiger partial charge in [0.25, 0.3) is 0 Å². The number of nitrogens with one attached hydrogen (secondary N) is 1. The molecule has 1 heterocycles. The molecule has 3 nitrogen and oxygen atoms in total. The van der Waals surface area contributed by atoms with Crippen LogP contribution < -0.4 is 5.32 Å². The van der Waals surface area contributed by atoms with E-state index in [9.17, 15) is 4.79 Å². The van der Waals surface area contributed by atoms with E-state index in [0.717, 1.165) is 21.8 Å². The molecule has 1 N–H and O–H groups in total. The third-order valence-corrected chi connectivity index (χ3v) is 4.38. The Bertz CT molecular complexity index is 724. The van der Waals surface area contributed by atoms with Crippen molar-refractivity contribution in [2.24, 2.45) is 0 Å². The number of anilines is 2. The Morgan fingerprint density at radius 2 is 1.95 bits per heavy atom. The van der Waals surface area contributed by atoms with Gasteiger partial charge in [0.05, 0.1) is 23.6 Å². The predicted molar refractivity (Wildman–Crippen MR) is 86.0 cm³/mol. The summed E-state index contributed by atoms with van der Waals surface area (Å²) in [5, 5.41) is 3.40.